The van der Waals surface area contributed by atoms with Crippen molar-refractivity contribution in [3.63, 3.8) is 0 Å². The molecule has 0 bridgehead atoms. The molecule has 2 N–H and O–H groups in total. The Morgan fingerprint density at radius 2 is 1.71 bits per heavy atom. The topological polar surface area (TPSA) is 67.5 Å². The van der Waals surface area contributed by atoms with Crippen LogP contribution in [0.5, 0.6) is 0 Å². The molecule has 31 heavy (non-hydrogen) atoms. The molecular weight excluding hydrogens is 386 g/mol. The Bertz CT molecular complexity index is 1030. The van der Waals surface area contributed by atoms with E-state index in [4.69, 9.17) is 15.5 Å². The molecule has 0 aliphatic carbocycles. The third kappa shape index (κ3) is 4.71. The van der Waals surface area contributed by atoms with Crippen LogP contribution in [-0.2, 0) is 11.3 Å². The fourth-order valence-corrected chi connectivity index (χ4v) is 4.60. The van der Waals surface area contributed by atoms with Gasteiger partial charge in [-0.05, 0) is 59.8 Å². The lowest BCUT2D eigenvalue weighted by atomic mass is 9.97. The van der Waals surface area contributed by atoms with E-state index in [9.17, 15) is 0 Å². The predicted octanol–water partition coefficient (Wildman–Crippen LogP) is 3.30. The van der Waals surface area contributed by atoms with Gasteiger partial charge in [0.05, 0.1) is 18.9 Å². The standard InChI is InChI=1S/C25H31N5O/c26-17-19-6-9-30(10-7-19)25-27-8-5-24(28-25)23-4-3-21-15-20(1-2-22(21)16-23)18-29-11-13-31-14-12-29/h1-5,8,15-16,19H,6-7,9-14,17-18,26H2. The maximum atomic E-state index is 5.83. The minimum atomic E-state index is 0.632. The highest BCUT2D eigenvalue weighted by atomic mass is 16.5. The molecule has 2 saturated heterocycles. The minimum absolute atomic E-state index is 0.632. The van der Waals surface area contributed by atoms with Crippen molar-refractivity contribution in [1.29, 1.82) is 0 Å². The molecule has 162 valence electrons. The molecule has 0 amide bonds. The lowest BCUT2D eigenvalue weighted by molar-refractivity contribution is 0.0342. The van der Waals surface area contributed by atoms with Crippen LogP contribution in [-0.4, -0.2) is 60.8 Å². The summed E-state index contributed by atoms with van der Waals surface area (Å²) in [6.07, 6.45) is 4.11. The van der Waals surface area contributed by atoms with E-state index in [1.54, 1.807) is 0 Å². The fraction of sp³-hybridized carbons (Fsp3) is 0.440. The Labute approximate surface area is 184 Å². The van der Waals surface area contributed by atoms with E-state index < -0.39 is 0 Å². The molecule has 5 rings (SSSR count). The summed E-state index contributed by atoms with van der Waals surface area (Å²) < 4.78 is 5.46. The summed E-state index contributed by atoms with van der Waals surface area (Å²) in [6.45, 7) is 7.42. The number of hydrogen-bond acceptors (Lipinski definition) is 6. The third-order valence-corrected chi connectivity index (χ3v) is 6.58. The molecule has 2 fully saturated rings. The van der Waals surface area contributed by atoms with Crippen molar-refractivity contribution in [1.82, 2.24) is 14.9 Å². The SMILES string of the molecule is NCC1CCN(c2nccc(-c3ccc4cc(CN5CCOCC5)ccc4c3)n2)CC1. The van der Waals surface area contributed by atoms with Crippen LogP contribution in [0, 0.1) is 5.92 Å². The molecule has 2 aliphatic heterocycles. The van der Waals surface area contributed by atoms with Crippen molar-refractivity contribution in [3.05, 3.63) is 54.2 Å². The monoisotopic (exact) mass is 417 g/mol. The zero-order chi connectivity index (χ0) is 21.0. The Morgan fingerprint density at radius 1 is 0.935 bits per heavy atom. The van der Waals surface area contributed by atoms with Gasteiger partial charge in [0.25, 0.3) is 0 Å². The van der Waals surface area contributed by atoms with Crippen LogP contribution in [0.25, 0.3) is 22.0 Å². The normalized spacial score (nSPS) is 18.5. The summed E-state index contributed by atoms with van der Waals surface area (Å²) in [5.74, 6) is 1.46. The van der Waals surface area contributed by atoms with E-state index >= 15 is 0 Å². The molecule has 0 saturated carbocycles. The first-order valence-corrected chi connectivity index (χ1v) is 11.4. The molecule has 3 aromatic rings. The lowest BCUT2D eigenvalue weighted by Gasteiger charge is -2.31. The van der Waals surface area contributed by atoms with Gasteiger partial charge in [0, 0.05) is 44.5 Å². The van der Waals surface area contributed by atoms with Crippen molar-refractivity contribution in [2.45, 2.75) is 19.4 Å². The van der Waals surface area contributed by atoms with Gasteiger partial charge >= 0.3 is 0 Å². The van der Waals surface area contributed by atoms with Crippen molar-refractivity contribution in [2.24, 2.45) is 11.7 Å². The number of benzene rings is 2. The third-order valence-electron chi connectivity index (χ3n) is 6.58. The number of piperidine rings is 1. The largest absolute Gasteiger partial charge is 0.379 e. The van der Waals surface area contributed by atoms with E-state index in [0.29, 0.717) is 5.92 Å². The number of rotatable bonds is 5. The van der Waals surface area contributed by atoms with Gasteiger partial charge in [-0.15, -0.1) is 0 Å². The summed E-state index contributed by atoms with van der Waals surface area (Å²) in [5.41, 5.74) is 9.30. The van der Waals surface area contributed by atoms with Crippen LogP contribution in [0.1, 0.15) is 18.4 Å². The number of nitrogens with zero attached hydrogens (tertiary/aromatic N) is 4. The smallest absolute Gasteiger partial charge is 0.225 e. The van der Waals surface area contributed by atoms with Crippen molar-refractivity contribution < 1.29 is 4.74 Å². The lowest BCUT2D eigenvalue weighted by Crippen LogP contribution is -2.37. The van der Waals surface area contributed by atoms with Crippen LogP contribution < -0.4 is 10.6 Å². The first-order valence-electron chi connectivity index (χ1n) is 11.4. The molecule has 2 aliphatic rings. The van der Waals surface area contributed by atoms with Gasteiger partial charge in [-0.1, -0.05) is 24.3 Å². The molecule has 3 heterocycles. The Kier molecular flexibility index (Phi) is 6.11. The number of ether oxygens (including phenoxy) is 1. The number of anilines is 1. The molecule has 6 nitrogen and oxygen atoms in total. The van der Waals surface area contributed by atoms with Gasteiger partial charge in [0.15, 0.2) is 0 Å². The van der Waals surface area contributed by atoms with Crippen LogP contribution in [0.3, 0.4) is 0 Å². The number of aromatic nitrogens is 2. The molecule has 1 aromatic heterocycles. The van der Waals surface area contributed by atoms with Crippen LogP contribution >= 0.6 is 0 Å². The molecule has 0 atom stereocenters. The molecule has 2 aromatic carbocycles. The van der Waals surface area contributed by atoms with Gasteiger partial charge in [-0.3, -0.25) is 4.90 Å². The maximum absolute atomic E-state index is 5.83. The van der Waals surface area contributed by atoms with Crippen LogP contribution in [0.15, 0.2) is 48.7 Å². The number of fused-ring (bicyclic) bond motifs is 1. The average Bonchev–Trinajstić information content (AvgIpc) is 2.84. The zero-order valence-electron chi connectivity index (χ0n) is 18.0. The fourth-order valence-electron chi connectivity index (χ4n) is 4.60. The van der Waals surface area contributed by atoms with Crippen molar-refractivity contribution in [2.75, 3.05) is 50.8 Å². The van der Waals surface area contributed by atoms with Gasteiger partial charge in [0.2, 0.25) is 5.95 Å². The van der Waals surface area contributed by atoms with Gasteiger partial charge in [-0.2, -0.15) is 0 Å². The second kappa shape index (κ2) is 9.30. The van der Waals surface area contributed by atoms with Crippen molar-refractivity contribution >= 4 is 16.7 Å². The highest BCUT2D eigenvalue weighted by molar-refractivity contribution is 5.87. The molecular formula is C25H31N5O. The van der Waals surface area contributed by atoms with E-state index in [1.807, 2.05) is 12.3 Å². The van der Waals surface area contributed by atoms with E-state index in [0.717, 1.165) is 82.5 Å². The van der Waals surface area contributed by atoms with Gasteiger partial charge in [0.1, 0.15) is 0 Å². The Morgan fingerprint density at radius 3 is 2.52 bits per heavy atom. The first-order chi connectivity index (χ1) is 15.3. The highest BCUT2D eigenvalue weighted by Gasteiger charge is 2.20. The minimum Gasteiger partial charge on any atom is -0.379 e. The predicted molar refractivity (Wildman–Crippen MR) is 125 cm³/mol. The molecule has 6 heteroatoms. The molecule has 0 spiro atoms. The number of nitrogens with two attached hydrogens (primary N) is 1. The van der Waals surface area contributed by atoms with Crippen LogP contribution in [0.2, 0.25) is 0 Å². The summed E-state index contributed by atoms with van der Waals surface area (Å²) in [6, 6.07) is 15.4. The summed E-state index contributed by atoms with van der Waals surface area (Å²) in [4.78, 5) is 14.2. The van der Waals surface area contributed by atoms with E-state index in [2.05, 4.69) is 51.2 Å². The molecule has 0 radical (unpaired) electrons. The highest BCUT2D eigenvalue weighted by Crippen LogP contribution is 2.26. The first kappa shape index (κ1) is 20.4. The quantitative estimate of drug-likeness (QED) is 0.687. The second-order valence-corrected chi connectivity index (χ2v) is 8.69. The summed E-state index contributed by atoms with van der Waals surface area (Å²) in [5, 5.41) is 2.51. The Hall–Kier alpha value is -2.54. The van der Waals surface area contributed by atoms with E-state index in [1.165, 1.54) is 16.3 Å². The zero-order valence-corrected chi connectivity index (χ0v) is 18.0. The average molecular weight is 418 g/mol. The Balaban J connectivity index is 1.33. The second-order valence-electron chi connectivity index (χ2n) is 8.69. The number of hydrogen-bond donors (Lipinski definition) is 1. The summed E-state index contributed by atoms with van der Waals surface area (Å²) >= 11 is 0. The van der Waals surface area contributed by atoms with Gasteiger partial charge in [-0.25, -0.2) is 9.97 Å². The number of morpholine rings is 1. The van der Waals surface area contributed by atoms with Crippen LogP contribution in [0.4, 0.5) is 5.95 Å². The van der Waals surface area contributed by atoms with E-state index in [-0.39, 0.29) is 0 Å². The maximum Gasteiger partial charge on any atom is 0.225 e. The van der Waals surface area contributed by atoms with Gasteiger partial charge < -0.3 is 15.4 Å². The molecule has 0 unspecified atom stereocenters. The summed E-state index contributed by atoms with van der Waals surface area (Å²) in [7, 11) is 0. The van der Waals surface area contributed by atoms with Crippen molar-refractivity contribution in [3.8, 4) is 11.3 Å².